The Morgan fingerprint density at radius 2 is 1.97 bits per heavy atom. The fourth-order valence-electron chi connectivity index (χ4n) is 4.29. The maximum atomic E-state index is 14.8. The standard InChI is InChI=1S/C23H23FN6O2/c1-30(19-11-15-4-6-17(27-15)22(19)24)23-26-12-18(28-29-23)16-5-3-13(9-20(16)31)14-7-8-25-21(10-14)32-2/h3-10,12,15,17,19,22,27,31H,11H2,1-2H3/t15?,17-,19+,22-/m0/s1. The molecule has 1 saturated heterocycles. The van der Waals surface area contributed by atoms with Crippen LogP contribution in [0.25, 0.3) is 22.4 Å². The number of piperidine rings is 1. The maximum Gasteiger partial charge on any atom is 0.245 e. The highest BCUT2D eigenvalue weighted by Crippen LogP contribution is 2.33. The van der Waals surface area contributed by atoms with E-state index in [1.54, 1.807) is 49.7 Å². The van der Waals surface area contributed by atoms with Gasteiger partial charge >= 0.3 is 0 Å². The first-order valence-corrected chi connectivity index (χ1v) is 10.4. The lowest BCUT2D eigenvalue weighted by molar-refractivity contribution is 0.186. The number of rotatable bonds is 5. The number of phenolic OH excluding ortho intramolecular Hbond substituents is 1. The molecule has 2 N–H and O–H groups in total. The SMILES string of the molecule is COc1cc(-c2ccc(-c3cnc(N(C)[C@@H]4CC5C=C[C@H](N5)[C@@H]4F)nn3)c(O)c2)ccn1. The van der Waals surface area contributed by atoms with Crippen LogP contribution in [0.5, 0.6) is 11.6 Å². The fourth-order valence-corrected chi connectivity index (χ4v) is 4.29. The van der Waals surface area contributed by atoms with Gasteiger partial charge in [-0.1, -0.05) is 18.2 Å². The zero-order valence-corrected chi connectivity index (χ0v) is 17.7. The number of ether oxygens (including phenoxy) is 1. The molecule has 2 aliphatic rings. The van der Waals surface area contributed by atoms with E-state index >= 15 is 0 Å². The predicted molar refractivity (Wildman–Crippen MR) is 118 cm³/mol. The van der Waals surface area contributed by atoms with Gasteiger partial charge in [-0.3, -0.25) is 0 Å². The molecule has 5 rings (SSSR count). The predicted octanol–water partition coefficient (Wildman–Crippen LogP) is 2.76. The first kappa shape index (κ1) is 20.3. The summed E-state index contributed by atoms with van der Waals surface area (Å²) < 4.78 is 20.0. The number of nitrogens with one attached hydrogen (secondary N) is 1. The minimum Gasteiger partial charge on any atom is -0.507 e. The molecular formula is C23H23FN6O2. The van der Waals surface area contributed by atoms with Gasteiger partial charge in [0.2, 0.25) is 11.8 Å². The number of methoxy groups -OCH3 is 1. The van der Waals surface area contributed by atoms with Crippen molar-refractivity contribution in [3.05, 3.63) is 54.9 Å². The molecule has 3 aromatic rings. The number of aromatic hydroxyl groups is 1. The molecule has 164 valence electrons. The van der Waals surface area contributed by atoms with E-state index in [9.17, 15) is 9.50 Å². The summed E-state index contributed by atoms with van der Waals surface area (Å²) in [6.45, 7) is 0. The second-order valence-electron chi connectivity index (χ2n) is 8.00. The average molecular weight is 434 g/mol. The van der Waals surface area contributed by atoms with Gasteiger partial charge in [0.25, 0.3) is 0 Å². The summed E-state index contributed by atoms with van der Waals surface area (Å²) >= 11 is 0. The smallest absolute Gasteiger partial charge is 0.245 e. The third-order valence-electron chi connectivity index (χ3n) is 6.08. The van der Waals surface area contributed by atoms with Crippen molar-refractivity contribution in [1.29, 1.82) is 0 Å². The molecule has 0 spiro atoms. The van der Waals surface area contributed by atoms with E-state index in [1.165, 1.54) is 0 Å². The minimum absolute atomic E-state index is 0.0558. The van der Waals surface area contributed by atoms with E-state index in [0.717, 1.165) is 11.1 Å². The number of aromatic nitrogens is 4. The van der Waals surface area contributed by atoms with E-state index < -0.39 is 6.17 Å². The molecule has 1 aromatic carbocycles. The molecule has 4 heterocycles. The van der Waals surface area contributed by atoms with Gasteiger partial charge in [0.1, 0.15) is 17.6 Å². The summed E-state index contributed by atoms with van der Waals surface area (Å²) in [5.74, 6) is 0.900. The van der Waals surface area contributed by atoms with Crippen LogP contribution in [0.4, 0.5) is 10.3 Å². The zero-order chi connectivity index (χ0) is 22.2. The number of anilines is 1. The van der Waals surface area contributed by atoms with E-state index in [1.807, 2.05) is 24.3 Å². The number of nitrogens with zero attached hydrogens (tertiary/aromatic N) is 5. The molecular weight excluding hydrogens is 411 g/mol. The second kappa shape index (κ2) is 8.16. The Bertz CT molecular complexity index is 1160. The number of hydrogen-bond donors (Lipinski definition) is 2. The van der Waals surface area contributed by atoms with Crippen LogP contribution < -0.4 is 15.0 Å². The van der Waals surface area contributed by atoms with Crippen LogP contribution in [0.1, 0.15) is 6.42 Å². The van der Waals surface area contributed by atoms with Gasteiger partial charge in [0.15, 0.2) is 0 Å². The van der Waals surface area contributed by atoms with Gasteiger partial charge in [0, 0.05) is 30.9 Å². The van der Waals surface area contributed by atoms with Crippen molar-refractivity contribution in [1.82, 2.24) is 25.5 Å². The molecule has 8 nitrogen and oxygen atoms in total. The van der Waals surface area contributed by atoms with Crippen LogP contribution in [0, 0.1) is 0 Å². The number of benzene rings is 1. The Hall–Kier alpha value is -3.59. The van der Waals surface area contributed by atoms with Gasteiger partial charge in [-0.2, -0.15) is 0 Å². The maximum absolute atomic E-state index is 14.8. The Morgan fingerprint density at radius 1 is 1.12 bits per heavy atom. The summed E-state index contributed by atoms with van der Waals surface area (Å²) in [6.07, 6.45) is 6.68. The summed E-state index contributed by atoms with van der Waals surface area (Å²) in [4.78, 5) is 10.2. The van der Waals surface area contributed by atoms with Crippen LogP contribution in [-0.2, 0) is 0 Å². The molecule has 2 aromatic heterocycles. The van der Waals surface area contributed by atoms with Crippen molar-refractivity contribution in [2.75, 3.05) is 19.1 Å². The van der Waals surface area contributed by atoms with Crippen LogP contribution >= 0.6 is 0 Å². The molecule has 0 radical (unpaired) electrons. The van der Waals surface area contributed by atoms with Crippen molar-refractivity contribution in [3.8, 4) is 34.0 Å². The monoisotopic (exact) mass is 434 g/mol. The summed E-state index contributed by atoms with van der Waals surface area (Å²) in [7, 11) is 3.34. The average Bonchev–Trinajstić information content (AvgIpc) is 3.24. The lowest BCUT2D eigenvalue weighted by atomic mass is 9.96. The number of alkyl halides is 1. The molecule has 0 aliphatic carbocycles. The highest BCUT2D eigenvalue weighted by molar-refractivity contribution is 5.74. The van der Waals surface area contributed by atoms with Crippen molar-refractivity contribution in [2.45, 2.75) is 30.7 Å². The van der Waals surface area contributed by atoms with E-state index in [-0.39, 0.29) is 23.9 Å². The number of pyridine rings is 1. The van der Waals surface area contributed by atoms with Gasteiger partial charge in [-0.05, 0) is 35.7 Å². The number of hydrogen-bond acceptors (Lipinski definition) is 8. The van der Waals surface area contributed by atoms with Crippen molar-refractivity contribution in [2.24, 2.45) is 0 Å². The molecule has 2 aliphatic heterocycles. The molecule has 32 heavy (non-hydrogen) atoms. The lowest BCUT2D eigenvalue weighted by Gasteiger charge is -2.38. The van der Waals surface area contributed by atoms with E-state index in [0.29, 0.717) is 29.5 Å². The second-order valence-corrected chi connectivity index (χ2v) is 8.00. The normalized spacial score (nSPS) is 23.8. The third kappa shape index (κ3) is 3.64. The first-order chi connectivity index (χ1) is 15.5. The number of halogens is 1. The zero-order valence-electron chi connectivity index (χ0n) is 17.7. The Kier molecular flexibility index (Phi) is 5.18. The van der Waals surface area contributed by atoms with Crippen LogP contribution in [0.3, 0.4) is 0 Å². The quantitative estimate of drug-likeness (QED) is 0.592. The van der Waals surface area contributed by atoms with E-state index in [2.05, 4.69) is 25.5 Å². The molecule has 0 amide bonds. The molecule has 4 atom stereocenters. The third-order valence-corrected chi connectivity index (χ3v) is 6.08. The van der Waals surface area contributed by atoms with Gasteiger partial charge in [-0.15, -0.1) is 10.2 Å². The molecule has 0 saturated carbocycles. The Balaban J connectivity index is 1.36. The van der Waals surface area contributed by atoms with Crippen LogP contribution in [-0.4, -0.2) is 63.7 Å². The van der Waals surface area contributed by atoms with Crippen LogP contribution in [0.15, 0.2) is 54.9 Å². The first-order valence-electron chi connectivity index (χ1n) is 10.4. The van der Waals surface area contributed by atoms with Crippen molar-refractivity contribution < 1.29 is 14.2 Å². The van der Waals surface area contributed by atoms with Gasteiger partial charge in [-0.25, -0.2) is 14.4 Å². The van der Waals surface area contributed by atoms with Gasteiger partial charge in [0.05, 0.1) is 25.4 Å². The number of fused-ring (bicyclic) bond motifs is 2. The molecule has 9 heteroatoms. The van der Waals surface area contributed by atoms with Gasteiger partial charge < -0.3 is 20.1 Å². The molecule has 1 fully saturated rings. The lowest BCUT2D eigenvalue weighted by Crippen LogP contribution is -2.56. The highest BCUT2D eigenvalue weighted by Gasteiger charge is 2.41. The molecule has 2 bridgehead atoms. The molecule has 1 unspecified atom stereocenters. The Morgan fingerprint density at radius 3 is 2.72 bits per heavy atom. The summed E-state index contributed by atoms with van der Waals surface area (Å²) in [6, 6.07) is 8.48. The van der Waals surface area contributed by atoms with Crippen molar-refractivity contribution >= 4 is 5.95 Å². The minimum atomic E-state index is -1.05. The number of phenols is 1. The summed E-state index contributed by atoms with van der Waals surface area (Å²) in [5.41, 5.74) is 2.62. The van der Waals surface area contributed by atoms with E-state index in [4.69, 9.17) is 4.74 Å². The topological polar surface area (TPSA) is 96.3 Å². The Labute approximate surface area is 184 Å². The fraction of sp³-hybridized carbons (Fsp3) is 0.304. The summed E-state index contributed by atoms with van der Waals surface area (Å²) in [5, 5.41) is 22.3. The van der Waals surface area contributed by atoms with Crippen molar-refractivity contribution in [3.63, 3.8) is 0 Å². The highest BCUT2D eigenvalue weighted by atomic mass is 19.1. The largest absolute Gasteiger partial charge is 0.507 e. The van der Waals surface area contributed by atoms with Crippen LogP contribution in [0.2, 0.25) is 0 Å².